The quantitative estimate of drug-likeness (QED) is 0.720. The first kappa shape index (κ1) is 11.7. The molecule has 1 aliphatic rings. The van der Waals surface area contributed by atoms with Gasteiger partial charge in [0.2, 0.25) is 5.91 Å². The third-order valence-electron chi connectivity index (χ3n) is 2.50. The van der Waals surface area contributed by atoms with E-state index in [1.165, 1.54) is 0 Å². The van der Waals surface area contributed by atoms with Crippen LogP contribution in [0, 0.1) is 0 Å². The van der Waals surface area contributed by atoms with Crippen LogP contribution >= 0.6 is 0 Å². The normalized spacial score (nSPS) is 16.8. The summed E-state index contributed by atoms with van der Waals surface area (Å²) in [4.78, 5) is 25.8. The van der Waals surface area contributed by atoms with Crippen molar-refractivity contribution in [1.82, 2.24) is 9.80 Å². The summed E-state index contributed by atoms with van der Waals surface area (Å²) in [5, 5.41) is 8.85. The maximum atomic E-state index is 11.5. The smallest absolute Gasteiger partial charge is 0.333 e. The van der Waals surface area contributed by atoms with Gasteiger partial charge in [-0.2, -0.15) is 0 Å². The van der Waals surface area contributed by atoms with E-state index in [9.17, 15) is 9.59 Å². The summed E-state index contributed by atoms with van der Waals surface area (Å²) in [6, 6.07) is 0. The highest BCUT2D eigenvalue weighted by Gasteiger charge is 2.30. The van der Waals surface area contributed by atoms with E-state index < -0.39 is 5.97 Å². The zero-order valence-electron chi connectivity index (χ0n) is 9.28. The Bertz CT molecular complexity index is 321. The molecule has 1 heterocycles. The highest BCUT2D eigenvalue weighted by molar-refractivity contribution is 5.99. The van der Waals surface area contributed by atoms with Crippen molar-refractivity contribution < 1.29 is 14.7 Å². The lowest BCUT2D eigenvalue weighted by Crippen LogP contribution is -2.32. The highest BCUT2D eigenvalue weighted by atomic mass is 16.4. The van der Waals surface area contributed by atoms with Gasteiger partial charge in [0.15, 0.2) is 0 Å². The van der Waals surface area contributed by atoms with Gasteiger partial charge in [-0.3, -0.25) is 4.79 Å². The van der Waals surface area contributed by atoms with Crippen LogP contribution in [-0.2, 0) is 9.59 Å². The molecule has 84 valence electrons. The Morgan fingerprint density at radius 1 is 1.53 bits per heavy atom. The van der Waals surface area contributed by atoms with Crippen LogP contribution in [0.4, 0.5) is 0 Å². The highest BCUT2D eigenvalue weighted by Crippen LogP contribution is 2.23. The molecule has 0 aromatic rings. The van der Waals surface area contributed by atoms with E-state index in [0.29, 0.717) is 12.2 Å². The van der Waals surface area contributed by atoms with Crippen LogP contribution < -0.4 is 0 Å². The van der Waals surface area contributed by atoms with Crippen molar-refractivity contribution in [2.45, 2.75) is 13.3 Å². The molecule has 0 atom stereocenters. The molecule has 0 saturated heterocycles. The number of carbonyl (C=O) groups is 2. The van der Waals surface area contributed by atoms with E-state index in [1.54, 1.807) is 11.8 Å². The summed E-state index contributed by atoms with van der Waals surface area (Å²) in [7, 11) is 3.83. The van der Waals surface area contributed by atoms with Gasteiger partial charge in [-0.05, 0) is 21.0 Å². The molecule has 0 saturated carbocycles. The van der Waals surface area contributed by atoms with Crippen molar-refractivity contribution in [3.8, 4) is 0 Å². The second-order valence-corrected chi connectivity index (χ2v) is 3.89. The SMILES string of the molecule is CC1=C(C(=O)O)CC(=O)N1CCN(C)C. The number of carboxylic acids is 1. The van der Waals surface area contributed by atoms with E-state index in [2.05, 4.69) is 0 Å². The number of carboxylic acid groups (broad SMARTS) is 1. The molecule has 5 heteroatoms. The van der Waals surface area contributed by atoms with Crippen molar-refractivity contribution in [2.24, 2.45) is 0 Å². The third-order valence-corrected chi connectivity index (χ3v) is 2.50. The van der Waals surface area contributed by atoms with E-state index in [-0.39, 0.29) is 17.9 Å². The number of aliphatic carboxylic acids is 1. The molecular formula is C10H16N2O3. The van der Waals surface area contributed by atoms with Gasteiger partial charge >= 0.3 is 5.97 Å². The Balaban J connectivity index is 2.73. The van der Waals surface area contributed by atoms with Crippen molar-refractivity contribution in [3.05, 3.63) is 11.3 Å². The molecule has 0 radical (unpaired) electrons. The Hall–Kier alpha value is -1.36. The largest absolute Gasteiger partial charge is 0.478 e. The maximum absolute atomic E-state index is 11.5. The Morgan fingerprint density at radius 3 is 2.53 bits per heavy atom. The molecule has 0 spiro atoms. The van der Waals surface area contributed by atoms with Gasteiger partial charge in [0.25, 0.3) is 0 Å². The number of amides is 1. The molecule has 1 rings (SSSR count). The summed E-state index contributed by atoms with van der Waals surface area (Å²) >= 11 is 0. The van der Waals surface area contributed by atoms with Crippen LogP contribution in [0.3, 0.4) is 0 Å². The molecule has 1 amide bonds. The number of likely N-dealkylation sites (N-methyl/N-ethyl adjacent to an activating group) is 1. The number of allylic oxidation sites excluding steroid dienone is 1. The zero-order valence-corrected chi connectivity index (χ0v) is 9.28. The lowest BCUT2D eigenvalue weighted by molar-refractivity contribution is -0.134. The molecule has 0 aromatic heterocycles. The number of hydrogen-bond donors (Lipinski definition) is 1. The second-order valence-electron chi connectivity index (χ2n) is 3.89. The minimum Gasteiger partial charge on any atom is -0.478 e. The summed E-state index contributed by atoms with van der Waals surface area (Å²) in [6.07, 6.45) is 0.0224. The fourth-order valence-corrected chi connectivity index (χ4v) is 1.55. The van der Waals surface area contributed by atoms with Crippen LogP contribution in [0.5, 0.6) is 0 Å². The van der Waals surface area contributed by atoms with Gasteiger partial charge in [0, 0.05) is 18.8 Å². The number of hydrogen-bond acceptors (Lipinski definition) is 3. The molecule has 0 bridgehead atoms. The van der Waals surface area contributed by atoms with Gasteiger partial charge in [-0.1, -0.05) is 0 Å². The topological polar surface area (TPSA) is 60.9 Å². The van der Waals surface area contributed by atoms with Crippen LogP contribution in [-0.4, -0.2) is 54.0 Å². The van der Waals surface area contributed by atoms with Gasteiger partial charge in [0.05, 0.1) is 12.0 Å². The first-order valence-corrected chi connectivity index (χ1v) is 4.81. The number of nitrogens with zero attached hydrogens (tertiary/aromatic N) is 2. The molecule has 0 aromatic carbocycles. The average molecular weight is 212 g/mol. The van der Waals surface area contributed by atoms with Crippen molar-refractivity contribution in [1.29, 1.82) is 0 Å². The minimum absolute atomic E-state index is 0.0224. The first-order valence-electron chi connectivity index (χ1n) is 4.81. The van der Waals surface area contributed by atoms with E-state index in [4.69, 9.17) is 5.11 Å². The van der Waals surface area contributed by atoms with Gasteiger partial charge in [0.1, 0.15) is 0 Å². The van der Waals surface area contributed by atoms with Crippen LogP contribution in [0.1, 0.15) is 13.3 Å². The predicted octanol–water partition coefficient (Wildman–Crippen LogP) is 0.139. The predicted molar refractivity (Wildman–Crippen MR) is 55.2 cm³/mol. The van der Waals surface area contributed by atoms with Gasteiger partial charge in [-0.15, -0.1) is 0 Å². The number of rotatable bonds is 4. The van der Waals surface area contributed by atoms with Crippen LogP contribution in [0.15, 0.2) is 11.3 Å². The average Bonchev–Trinajstić information content (AvgIpc) is 2.39. The lowest BCUT2D eigenvalue weighted by Gasteiger charge is -2.20. The van der Waals surface area contributed by atoms with Crippen molar-refractivity contribution >= 4 is 11.9 Å². The number of carbonyl (C=O) groups excluding carboxylic acids is 1. The lowest BCUT2D eigenvalue weighted by atomic mass is 10.2. The van der Waals surface area contributed by atoms with Crippen molar-refractivity contribution in [3.63, 3.8) is 0 Å². The fraction of sp³-hybridized carbons (Fsp3) is 0.600. The van der Waals surface area contributed by atoms with E-state index in [0.717, 1.165) is 6.54 Å². The van der Waals surface area contributed by atoms with Gasteiger partial charge < -0.3 is 14.9 Å². The summed E-state index contributed by atoms with van der Waals surface area (Å²) in [5.41, 5.74) is 0.799. The summed E-state index contributed by atoms with van der Waals surface area (Å²) in [6.45, 7) is 2.97. The Kier molecular flexibility index (Phi) is 3.47. The summed E-state index contributed by atoms with van der Waals surface area (Å²) < 4.78 is 0. The Labute approximate surface area is 89.0 Å². The fourth-order valence-electron chi connectivity index (χ4n) is 1.55. The summed E-state index contributed by atoms with van der Waals surface area (Å²) in [5.74, 6) is -1.11. The molecular weight excluding hydrogens is 196 g/mol. The van der Waals surface area contributed by atoms with E-state index >= 15 is 0 Å². The maximum Gasteiger partial charge on any atom is 0.333 e. The monoisotopic (exact) mass is 212 g/mol. The standard InChI is InChI=1S/C10H16N2O3/c1-7-8(10(14)15)6-9(13)12(7)5-4-11(2)3/h4-6H2,1-3H3,(H,14,15). The minimum atomic E-state index is -0.992. The molecule has 5 nitrogen and oxygen atoms in total. The zero-order chi connectivity index (χ0) is 11.6. The van der Waals surface area contributed by atoms with E-state index in [1.807, 2.05) is 19.0 Å². The van der Waals surface area contributed by atoms with Crippen LogP contribution in [0.2, 0.25) is 0 Å². The first-order chi connectivity index (χ1) is 6.93. The Morgan fingerprint density at radius 2 is 2.13 bits per heavy atom. The van der Waals surface area contributed by atoms with Crippen molar-refractivity contribution in [2.75, 3.05) is 27.2 Å². The molecule has 0 unspecified atom stereocenters. The molecule has 1 aliphatic heterocycles. The third kappa shape index (κ3) is 2.56. The van der Waals surface area contributed by atoms with Crippen LogP contribution in [0.25, 0.3) is 0 Å². The molecule has 0 aliphatic carbocycles. The second kappa shape index (κ2) is 4.44. The van der Waals surface area contributed by atoms with Gasteiger partial charge in [-0.25, -0.2) is 4.79 Å². The molecule has 1 N–H and O–H groups in total. The molecule has 15 heavy (non-hydrogen) atoms. The molecule has 0 fully saturated rings.